The molecule has 21 heavy (non-hydrogen) atoms. The van der Waals surface area contributed by atoms with Crippen molar-refractivity contribution in [1.29, 1.82) is 0 Å². The molecule has 0 unspecified atom stereocenters. The van der Waals surface area contributed by atoms with Gasteiger partial charge in [-0.15, -0.1) is 11.3 Å². The molecule has 5 nitrogen and oxygen atoms in total. The second kappa shape index (κ2) is 6.58. The van der Waals surface area contributed by atoms with Crippen LogP contribution in [0.2, 0.25) is 0 Å². The second-order valence-electron chi connectivity index (χ2n) is 4.75. The molecular formula is C15H17NO4S. The maximum Gasteiger partial charge on any atom is 0.309 e. The van der Waals surface area contributed by atoms with Gasteiger partial charge in [0.05, 0.1) is 25.3 Å². The number of aromatic nitrogens is 1. The quantitative estimate of drug-likeness (QED) is 0.887. The zero-order chi connectivity index (χ0) is 15.4. The Hall–Kier alpha value is -2.08. The maximum atomic E-state index is 10.7. The van der Waals surface area contributed by atoms with E-state index in [1.54, 1.807) is 12.5 Å². The number of carbonyl (C=O) groups is 1. The van der Waals surface area contributed by atoms with Crippen LogP contribution in [0.25, 0.3) is 10.6 Å². The summed E-state index contributed by atoms with van der Waals surface area (Å²) in [5, 5.41) is 11.3. The van der Waals surface area contributed by atoms with Crippen molar-refractivity contribution in [2.24, 2.45) is 0 Å². The Morgan fingerprint density at radius 2 is 2.14 bits per heavy atom. The molecule has 0 aliphatic carbocycles. The number of carboxylic acids is 1. The number of thiazole rings is 1. The number of rotatable bonds is 6. The molecular weight excluding hydrogens is 290 g/mol. The zero-order valence-corrected chi connectivity index (χ0v) is 12.9. The van der Waals surface area contributed by atoms with Crippen molar-refractivity contribution in [2.45, 2.75) is 26.4 Å². The highest BCUT2D eigenvalue weighted by atomic mass is 32.1. The number of ether oxygens (including phenoxy) is 2. The Bertz CT molecular complexity index is 636. The third-order valence-electron chi connectivity index (χ3n) is 2.66. The van der Waals surface area contributed by atoms with Gasteiger partial charge in [-0.3, -0.25) is 4.79 Å². The van der Waals surface area contributed by atoms with Crippen molar-refractivity contribution in [2.75, 3.05) is 7.11 Å². The number of methoxy groups -OCH3 is 1. The molecule has 0 aliphatic rings. The fourth-order valence-electron chi connectivity index (χ4n) is 1.83. The first-order valence-electron chi connectivity index (χ1n) is 6.51. The number of hydrogen-bond donors (Lipinski definition) is 1. The lowest BCUT2D eigenvalue weighted by Crippen LogP contribution is -2.06. The summed E-state index contributed by atoms with van der Waals surface area (Å²) in [5.41, 5.74) is 1.44. The van der Waals surface area contributed by atoms with Crippen LogP contribution in [0.3, 0.4) is 0 Å². The summed E-state index contributed by atoms with van der Waals surface area (Å²) in [7, 11) is 1.59. The Labute approximate surface area is 127 Å². The standard InChI is InChI=1S/C15H17NO4S/c1-9(2)20-12-5-4-10(6-13(12)19-3)15-16-11(8-21-15)7-14(17)18/h4-6,8-9H,7H2,1-3H3,(H,17,18). The molecule has 0 saturated carbocycles. The van der Waals surface area contributed by atoms with Crippen LogP contribution in [-0.4, -0.2) is 29.3 Å². The summed E-state index contributed by atoms with van der Waals surface area (Å²) in [6.07, 6.45) is -0.00545. The average Bonchev–Trinajstić information content (AvgIpc) is 2.86. The fourth-order valence-corrected chi connectivity index (χ4v) is 2.64. The minimum atomic E-state index is -0.884. The maximum absolute atomic E-state index is 10.7. The van der Waals surface area contributed by atoms with E-state index in [1.807, 2.05) is 32.0 Å². The third-order valence-corrected chi connectivity index (χ3v) is 3.60. The minimum absolute atomic E-state index is 0.0618. The van der Waals surface area contributed by atoms with E-state index in [0.29, 0.717) is 17.2 Å². The van der Waals surface area contributed by atoms with Crippen LogP contribution in [0.1, 0.15) is 19.5 Å². The van der Waals surface area contributed by atoms with E-state index in [1.165, 1.54) is 11.3 Å². The molecule has 0 atom stereocenters. The van der Waals surface area contributed by atoms with Gasteiger partial charge >= 0.3 is 5.97 Å². The molecule has 0 fully saturated rings. The second-order valence-corrected chi connectivity index (χ2v) is 5.60. The number of benzene rings is 1. The normalized spacial score (nSPS) is 10.7. The van der Waals surface area contributed by atoms with E-state index in [-0.39, 0.29) is 12.5 Å². The van der Waals surface area contributed by atoms with Gasteiger partial charge in [-0.2, -0.15) is 0 Å². The monoisotopic (exact) mass is 307 g/mol. The number of carboxylic acid groups (broad SMARTS) is 1. The van der Waals surface area contributed by atoms with Crippen LogP contribution in [0.5, 0.6) is 11.5 Å². The highest BCUT2D eigenvalue weighted by Gasteiger charge is 2.12. The average molecular weight is 307 g/mol. The summed E-state index contributed by atoms with van der Waals surface area (Å²) in [6.45, 7) is 3.90. The third kappa shape index (κ3) is 3.95. The van der Waals surface area contributed by atoms with Gasteiger partial charge in [0.25, 0.3) is 0 Å². The molecule has 0 bridgehead atoms. The van der Waals surface area contributed by atoms with Crippen molar-refractivity contribution in [3.8, 4) is 22.1 Å². The summed E-state index contributed by atoms with van der Waals surface area (Å²) in [4.78, 5) is 15.0. The molecule has 1 aromatic heterocycles. The molecule has 1 N–H and O–H groups in total. The topological polar surface area (TPSA) is 68.7 Å². The Morgan fingerprint density at radius 3 is 2.76 bits per heavy atom. The fraction of sp³-hybridized carbons (Fsp3) is 0.333. The summed E-state index contributed by atoms with van der Waals surface area (Å²) >= 11 is 1.41. The van der Waals surface area contributed by atoms with Crippen LogP contribution in [0, 0.1) is 0 Å². The number of aliphatic carboxylic acids is 1. The lowest BCUT2D eigenvalue weighted by Gasteiger charge is -2.14. The van der Waals surface area contributed by atoms with Gasteiger partial charge in [0, 0.05) is 10.9 Å². The van der Waals surface area contributed by atoms with E-state index in [4.69, 9.17) is 14.6 Å². The highest BCUT2D eigenvalue weighted by molar-refractivity contribution is 7.13. The summed E-state index contributed by atoms with van der Waals surface area (Å²) in [6, 6.07) is 5.58. The van der Waals surface area contributed by atoms with Gasteiger partial charge < -0.3 is 14.6 Å². The van der Waals surface area contributed by atoms with Crippen molar-refractivity contribution >= 4 is 17.3 Å². The molecule has 2 rings (SSSR count). The molecule has 112 valence electrons. The minimum Gasteiger partial charge on any atom is -0.493 e. The van der Waals surface area contributed by atoms with Crippen LogP contribution in [0.15, 0.2) is 23.6 Å². The van der Waals surface area contributed by atoms with Crippen molar-refractivity contribution in [3.05, 3.63) is 29.3 Å². The molecule has 2 aromatic rings. The van der Waals surface area contributed by atoms with Crippen molar-refractivity contribution in [1.82, 2.24) is 4.98 Å². The van der Waals surface area contributed by atoms with Crippen LogP contribution in [0.4, 0.5) is 0 Å². The number of nitrogens with zero attached hydrogens (tertiary/aromatic N) is 1. The first-order valence-corrected chi connectivity index (χ1v) is 7.39. The Balaban J connectivity index is 2.27. The molecule has 1 aromatic carbocycles. The molecule has 0 spiro atoms. The predicted octanol–water partition coefficient (Wildman–Crippen LogP) is 3.23. The molecule has 6 heteroatoms. The molecule has 0 aliphatic heterocycles. The van der Waals surface area contributed by atoms with Crippen LogP contribution >= 0.6 is 11.3 Å². The molecule has 0 saturated heterocycles. The first-order chi connectivity index (χ1) is 9.99. The smallest absolute Gasteiger partial charge is 0.309 e. The van der Waals surface area contributed by atoms with Gasteiger partial charge in [0.2, 0.25) is 0 Å². The first kappa shape index (κ1) is 15.3. The Kier molecular flexibility index (Phi) is 4.80. The lowest BCUT2D eigenvalue weighted by molar-refractivity contribution is -0.136. The molecule has 0 radical (unpaired) electrons. The van der Waals surface area contributed by atoms with Gasteiger partial charge in [-0.05, 0) is 32.0 Å². The van der Waals surface area contributed by atoms with Crippen molar-refractivity contribution < 1.29 is 19.4 Å². The van der Waals surface area contributed by atoms with Gasteiger partial charge in [0.15, 0.2) is 11.5 Å². The van der Waals surface area contributed by atoms with E-state index in [0.717, 1.165) is 10.6 Å². The largest absolute Gasteiger partial charge is 0.493 e. The van der Waals surface area contributed by atoms with E-state index in [9.17, 15) is 4.79 Å². The van der Waals surface area contributed by atoms with Gasteiger partial charge in [-0.1, -0.05) is 0 Å². The Morgan fingerprint density at radius 1 is 1.38 bits per heavy atom. The van der Waals surface area contributed by atoms with Gasteiger partial charge in [-0.25, -0.2) is 4.98 Å². The van der Waals surface area contributed by atoms with Crippen LogP contribution < -0.4 is 9.47 Å². The number of hydrogen-bond acceptors (Lipinski definition) is 5. The van der Waals surface area contributed by atoms with E-state index >= 15 is 0 Å². The van der Waals surface area contributed by atoms with Crippen molar-refractivity contribution in [3.63, 3.8) is 0 Å². The molecule has 1 heterocycles. The lowest BCUT2D eigenvalue weighted by atomic mass is 10.2. The van der Waals surface area contributed by atoms with E-state index in [2.05, 4.69) is 4.98 Å². The van der Waals surface area contributed by atoms with Crippen LogP contribution in [-0.2, 0) is 11.2 Å². The molecule has 0 amide bonds. The highest BCUT2D eigenvalue weighted by Crippen LogP contribution is 2.34. The zero-order valence-electron chi connectivity index (χ0n) is 12.1. The summed E-state index contributed by atoms with van der Waals surface area (Å²) in [5.74, 6) is 0.430. The summed E-state index contributed by atoms with van der Waals surface area (Å²) < 4.78 is 11.0. The predicted molar refractivity (Wildman–Crippen MR) is 81.2 cm³/mol. The van der Waals surface area contributed by atoms with Gasteiger partial charge in [0.1, 0.15) is 5.01 Å². The SMILES string of the molecule is COc1cc(-c2nc(CC(=O)O)cs2)ccc1OC(C)C. The van der Waals surface area contributed by atoms with E-state index < -0.39 is 5.97 Å².